The van der Waals surface area contributed by atoms with E-state index in [4.69, 9.17) is 16.0 Å². The maximum Gasteiger partial charge on any atom is 0.291 e. The summed E-state index contributed by atoms with van der Waals surface area (Å²) in [6, 6.07) is 11.0. The first-order valence-corrected chi connectivity index (χ1v) is 8.33. The van der Waals surface area contributed by atoms with Gasteiger partial charge in [-0.3, -0.25) is 14.9 Å². The lowest BCUT2D eigenvalue weighted by atomic mass is 10.1. The Morgan fingerprint density at radius 2 is 1.96 bits per heavy atom. The summed E-state index contributed by atoms with van der Waals surface area (Å²) in [4.78, 5) is 22.4. The smallest absolute Gasteiger partial charge is 0.291 e. The minimum absolute atomic E-state index is 0.00418. The normalized spacial score (nSPS) is 10.6. The summed E-state index contributed by atoms with van der Waals surface area (Å²) in [6.45, 7) is 0. The second kappa shape index (κ2) is 7.27. The summed E-state index contributed by atoms with van der Waals surface area (Å²) in [5.41, 5.74) is 0.240. The van der Waals surface area contributed by atoms with Crippen molar-refractivity contribution < 1.29 is 18.5 Å². The first-order valence-electron chi connectivity index (χ1n) is 7.15. The molecule has 132 valence electrons. The van der Waals surface area contributed by atoms with Gasteiger partial charge in [-0.25, -0.2) is 4.39 Å². The number of nitro benzene ring substituents is 1. The summed E-state index contributed by atoms with van der Waals surface area (Å²) < 4.78 is 19.8. The lowest BCUT2D eigenvalue weighted by Gasteiger charge is -2.05. The molecule has 0 saturated carbocycles. The van der Waals surface area contributed by atoms with Crippen molar-refractivity contribution in [1.82, 2.24) is 0 Å². The molecular weight excluding hydrogens is 431 g/mol. The molecule has 0 radical (unpaired) electrons. The average molecular weight is 440 g/mol. The standard InChI is InChI=1S/C17H9BrClFN2O4/c18-9-1-4-14(13(20)7-9)21-17(23)16-6-5-15(26-16)11-3-2-10(22(24)25)8-12(11)19/h1-8H,(H,21,23). The Morgan fingerprint density at radius 1 is 1.19 bits per heavy atom. The Morgan fingerprint density at radius 3 is 2.62 bits per heavy atom. The van der Waals surface area contributed by atoms with Crippen LogP contribution in [-0.4, -0.2) is 10.8 Å². The number of rotatable bonds is 4. The Kier molecular flexibility index (Phi) is 5.06. The molecule has 0 bridgehead atoms. The molecule has 0 spiro atoms. The number of anilines is 1. The van der Waals surface area contributed by atoms with E-state index in [9.17, 15) is 19.3 Å². The number of nitro groups is 1. The number of benzene rings is 2. The molecule has 6 nitrogen and oxygen atoms in total. The second-order valence-corrected chi connectivity index (χ2v) is 6.49. The van der Waals surface area contributed by atoms with E-state index < -0.39 is 16.6 Å². The van der Waals surface area contributed by atoms with Crippen molar-refractivity contribution in [1.29, 1.82) is 0 Å². The molecule has 3 rings (SSSR count). The van der Waals surface area contributed by atoms with Crippen LogP contribution in [0.15, 0.2) is 57.4 Å². The van der Waals surface area contributed by atoms with E-state index in [1.54, 1.807) is 6.07 Å². The molecule has 1 N–H and O–H groups in total. The van der Waals surface area contributed by atoms with Gasteiger partial charge in [-0.1, -0.05) is 27.5 Å². The third-order valence-corrected chi connectivity index (χ3v) is 4.24. The molecule has 0 aliphatic carbocycles. The molecular formula is C17H9BrClFN2O4. The molecule has 26 heavy (non-hydrogen) atoms. The highest BCUT2D eigenvalue weighted by Crippen LogP contribution is 2.32. The average Bonchev–Trinajstić information content (AvgIpc) is 3.07. The van der Waals surface area contributed by atoms with Crippen molar-refractivity contribution in [3.05, 3.63) is 79.7 Å². The fraction of sp³-hybridized carbons (Fsp3) is 0. The zero-order valence-corrected chi connectivity index (χ0v) is 15.2. The fourth-order valence-electron chi connectivity index (χ4n) is 2.20. The quantitative estimate of drug-likeness (QED) is 0.420. The highest BCUT2D eigenvalue weighted by molar-refractivity contribution is 9.10. The zero-order valence-electron chi connectivity index (χ0n) is 12.8. The number of nitrogens with zero attached hydrogens (tertiary/aromatic N) is 1. The molecule has 0 unspecified atom stereocenters. The molecule has 3 aromatic rings. The summed E-state index contributed by atoms with van der Waals surface area (Å²) in [6.07, 6.45) is 0. The number of furan rings is 1. The van der Waals surface area contributed by atoms with Crippen molar-refractivity contribution in [2.24, 2.45) is 0 Å². The SMILES string of the molecule is O=C(Nc1ccc(Br)cc1F)c1ccc(-c2ccc([N+](=O)[O-])cc2Cl)o1. The van der Waals surface area contributed by atoms with Crippen molar-refractivity contribution in [3.8, 4) is 11.3 Å². The first-order chi connectivity index (χ1) is 12.3. The Labute approximate surface area is 159 Å². The molecule has 0 aliphatic rings. The molecule has 0 fully saturated rings. The highest BCUT2D eigenvalue weighted by atomic mass is 79.9. The van der Waals surface area contributed by atoms with Crippen LogP contribution in [0.1, 0.15) is 10.6 Å². The van der Waals surface area contributed by atoms with Crippen molar-refractivity contribution >= 4 is 44.8 Å². The van der Waals surface area contributed by atoms with Gasteiger partial charge in [0.1, 0.15) is 11.6 Å². The minimum atomic E-state index is -0.643. The highest BCUT2D eigenvalue weighted by Gasteiger charge is 2.17. The van der Waals surface area contributed by atoms with Crippen LogP contribution in [0, 0.1) is 15.9 Å². The number of non-ortho nitro benzene ring substituents is 1. The molecule has 0 atom stereocenters. The zero-order chi connectivity index (χ0) is 18.8. The van der Waals surface area contributed by atoms with Crippen molar-refractivity contribution in [3.63, 3.8) is 0 Å². The van der Waals surface area contributed by atoms with Crippen LogP contribution in [0.25, 0.3) is 11.3 Å². The van der Waals surface area contributed by atoms with Crippen molar-refractivity contribution in [2.45, 2.75) is 0 Å². The van der Waals surface area contributed by atoms with Crippen molar-refractivity contribution in [2.75, 3.05) is 5.32 Å². The van der Waals surface area contributed by atoms with Gasteiger partial charge in [0, 0.05) is 22.2 Å². The molecule has 0 aliphatic heterocycles. The van der Waals surface area contributed by atoms with E-state index >= 15 is 0 Å². The maximum atomic E-state index is 13.8. The van der Waals surface area contributed by atoms with E-state index in [0.717, 1.165) is 0 Å². The largest absolute Gasteiger partial charge is 0.451 e. The fourth-order valence-corrected chi connectivity index (χ4v) is 2.80. The van der Waals surface area contributed by atoms with Gasteiger partial charge in [0.25, 0.3) is 11.6 Å². The summed E-state index contributed by atoms with van der Waals surface area (Å²) >= 11 is 9.17. The maximum absolute atomic E-state index is 13.8. The van der Waals surface area contributed by atoms with E-state index in [1.165, 1.54) is 42.5 Å². The van der Waals surface area contributed by atoms with Gasteiger partial charge in [0.15, 0.2) is 5.76 Å². The van der Waals surface area contributed by atoms with E-state index in [1.807, 2.05) is 0 Å². The molecule has 2 aromatic carbocycles. The summed E-state index contributed by atoms with van der Waals surface area (Å²) in [5.74, 6) is -1.04. The number of carbonyl (C=O) groups excluding carboxylic acids is 1. The Bertz CT molecular complexity index is 1020. The number of nitrogens with one attached hydrogen (secondary N) is 1. The number of carbonyl (C=O) groups is 1. The van der Waals surface area contributed by atoms with Crippen LogP contribution in [0.4, 0.5) is 15.8 Å². The van der Waals surface area contributed by atoms with Crippen LogP contribution in [0.3, 0.4) is 0 Å². The molecule has 1 aromatic heterocycles. The minimum Gasteiger partial charge on any atom is -0.451 e. The Hall–Kier alpha value is -2.71. The third-order valence-electron chi connectivity index (χ3n) is 3.44. The first kappa shape index (κ1) is 18.1. The van der Waals surface area contributed by atoms with Gasteiger partial charge < -0.3 is 9.73 Å². The molecule has 0 saturated heterocycles. The predicted octanol–water partition coefficient (Wildman–Crippen LogP) is 5.66. The van der Waals surface area contributed by atoms with Crippen LogP contribution < -0.4 is 5.32 Å². The van der Waals surface area contributed by atoms with Crippen LogP contribution in [-0.2, 0) is 0 Å². The monoisotopic (exact) mass is 438 g/mol. The Balaban J connectivity index is 1.83. The van der Waals surface area contributed by atoms with E-state index in [-0.39, 0.29) is 27.9 Å². The second-order valence-electron chi connectivity index (χ2n) is 5.16. The summed E-state index contributed by atoms with van der Waals surface area (Å²) in [5, 5.41) is 13.3. The summed E-state index contributed by atoms with van der Waals surface area (Å²) in [7, 11) is 0. The van der Waals surface area contributed by atoms with Gasteiger partial charge in [-0.05, 0) is 36.4 Å². The van der Waals surface area contributed by atoms with E-state index in [2.05, 4.69) is 21.2 Å². The topological polar surface area (TPSA) is 85.4 Å². The van der Waals surface area contributed by atoms with Gasteiger partial charge >= 0.3 is 0 Å². The molecule has 1 amide bonds. The van der Waals surface area contributed by atoms with Gasteiger partial charge in [-0.2, -0.15) is 0 Å². The lowest BCUT2D eigenvalue weighted by Crippen LogP contribution is -2.12. The predicted molar refractivity (Wildman–Crippen MR) is 97.9 cm³/mol. The van der Waals surface area contributed by atoms with Crippen LogP contribution in [0.2, 0.25) is 5.02 Å². The number of hydrogen-bond acceptors (Lipinski definition) is 4. The van der Waals surface area contributed by atoms with Gasteiger partial charge in [0.05, 0.1) is 15.6 Å². The third kappa shape index (κ3) is 3.76. The number of amides is 1. The number of halogens is 3. The van der Waals surface area contributed by atoms with Gasteiger partial charge in [-0.15, -0.1) is 0 Å². The van der Waals surface area contributed by atoms with Crippen LogP contribution >= 0.6 is 27.5 Å². The molecule has 9 heteroatoms. The van der Waals surface area contributed by atoms with Crippen LogP contribution in [0.5, 0.6) is 0 Å². The number of hydrogen-bond donors (Lipinski definition) is 1. The van der Waals surface area contributed by atoms with Gasteiger partial charge in [0.2, 0.25) is 0 Å². The lowest BCUT2D eigenvalue weighted by molar-refractivity contribution is -0.384. The van der Waals surface area contributed by atoms with E-state index in [0.29, 0.717) is 10.0 Å². The molecule has 1 heterocycles.